The van der Waals surface area contributed by atoms with Crippen molar-refractivity contribution in [3.8, 4) is 0 Å². The lowest BCUT2D eigenvalue weighted by Crippen LogP contribution is -2.20. The van der Waals surface area contributed by atoms with Crippen molar-refractivity contribution in [1.82, 2.24) is 0 Å². The van der Waals surface area contributed by atoms with Crippen molar-refractivity contribution < 1.29 is 0 Å². The Bertz CT molecular complexity index is 96.2. The molecule has 0 heteroatoms. The van der Waals surface area contributed by atoms with Crippen molar-refractivity contribution >= 4 is 0 Å². The third-order valence-electron chi connectivity index (χ3n) is 3.13. The molecule has 0 aromatic heterocycles. The summed E-state index contributed by atoms with van der Waals surface area (Å²) in [6, 6.07) is 0. The van der Waals surface area contributed by atoms with Gasteiger partial charge in [0.1, 0.15) is 0 Å². The van der Waals surface area contributed by atoms with Gasteiger partial charge in [-0.1, -0.05) is 33.6 Å². The summed E-state index contributed by atoms with van der Waals surface area (Å²) in [6.07, 6.45) is 5.83. The summed E-state index contributed by atoms with van der Waals surface area (Å²) in [5, 5.41) is 0. The van der Waals surface area contributed by atoms with Gasteiger partial charge in [0.15, 0.2) is 0 Å². The SMILES string of the molecule is CCC1CCC(C)CC1C. The van der Waals surface area contributed by atoms with Gasteiger partial charge in [-0.25, -0.2) is 0 Å². The Kier molecular flexibility index (Phi) is 2.76. The van der Waals surface area contributed by atoms with Crippen LogP contribution >= 0.6 is 0 Å². The van der Waals surface area contributed by atoms with E-state index in [0.29, 0.717) is 0 Å². The Balaban J connectivity index is 2.36. The lowest BCUT2D eigenvalue weighted by atomic mass is 9.75. The van der Waals surface area contributed by atoms with Crippen LogP contribution in [0.25, 0.3) is 0 Å². The summed E-state index contributed by atoms with van der Waals surface area (Å²) in [7, 11) is 0. The number of hydrogen-bond donors (Lipinski definition) is 0. The Hall–Kier alpha value is 0. The highest BCUT2D eigenvalue weighted by molar-refractivity contribution is 4.74. The van der Waals surface area contributed by atoms with Gasteiger partial charge < -0.3 is 0 Å². The van der Waals surface area contributed by atoms with Crippen LogP contribution in [0.4, 0.5) is 0 Å². The van der Waals surface area contributed by atoms with Crippen LogP contribution in [0.5, 0.6) is 0 Å². The Morgan fingerprint density at radius 1 is 1.20 bits per heavy atom. The van der Waals surface area contributed by atoms with E-state index in [9.17, 15) is 0 Å². The average Bonchev–Trinajstić information content (AvgIpc) is 1.88. The van der Waals surface area contributed by atoms with Gasteiger partial charge in [0.2, 0.25) is 0 Å². The minimum absolute atomic E-state index is 0.994. The monoisotopic (exact) mass is 140 g/mol. The Morgan fingerprint density at radius 2 is 1.90 bits per heavy atom. The number of hydrogen-bond acceptors (Lipinski definition) is 0. The molecule has 3 unspecified atom stereocenters. The molecule has 3 atom stereocenters. The van der Waals surface area contributed by atoms with E-state index in [1.807, 2.05) is 0 Å². The minimum Gasteiger partial charge on any atom is -0.0651 e. The first kappa shape index (κ1) is 8.10. The molecule has 0 aromatic carbocycles. The van der Waals surface area contributed by atoms with E-state index in [1.165, 1.54) is 25.7 Å². The zero-order valence-electron chi connectivity index (χ0n) is 7.56. The lowest BCUT2D eigenvalue weighted by molar-refractivity contribution is 0.200. The van der Waals surface area contributed by atoms with E-state index in [4.69, 9.17) is 0 Å². The maximum Gasteiger partial charge on any atom is -0.0391 e. The maximum absolute atomic E-state index is 2.42. The zero-order chi connectivity index (χ0) is 7.56. The van der Waals surface area contributed by atoms with Crippen molar-refractivity contribution in [3.05, 3.63) is 0 Å². The first-order valence-electron chi connectivity index (χ1n) is 4.74. The molecule has 60 valence electrons. The molecule has 1 rings (SSSR count). The van der Waals surface area contributed by atoms with E-state index in [1.54, 1.807) is 0 Å². The number of rotatable bonds is 1. The van der Waals surface area contributed by atoms with Crippen LogP contribution in [-0.2, 0) is 0 Å². The van der Waals surface area contributed by atoms with Gasteiger partial charge in [-0.3, -0.25) is 0 Å². The fourth-order valence-corrected chi connectivity index (χ4v) is 2.33. The smallest absolute Gasteiger partial charge is 0.0391 e. The summed E-state index contributed by atoms with van der Waals surface area (Å²) >= 11 is 0. The van der Waals surface area contributed by atoms with Crippen molar-refractivity contribution in [2.45, 2.75) is 46.5 Å². The quantitative estimate of drug-likeness (QED) is 0.523. The van der Waals surface area contributed by atoms with Crippen LogP contribution in [-0.4, -0.2) is 0 Å². The van der Waals surface area contributed by atoms with Crippen molar-refractivity contribution in [2.24, 2.45) is 17.8 Å². The molecule has 0 saturated heterocycles. The predicted molar refractivity (Wildman–Crippen MR) is 46.0 cm³/mol. The van der Waals surface area contributed by atoms with Gasteiger partial charge in [0.25, 0.3) is 0 Å². The Labute approximate surface area is 65.0 Å². The van der Waals surface area contributed by atoms with Gasteiger partial charge >= 0.3 is 0 Å². The highest BCUT2D eigenvalue weighted by Crippen LogP contribution is 2.34. The van der Waals surface area contributed by atoms with Crippen molar-refractivity contribution in [1.29, 1.82) is 0 Å². The molecule has 0 bridgehead atoms. The molecule has 0 amide bonds. The van der Waals surface area contributed by atoms with Crippen LogP contribution in [0.15, 0.2) is 0 Å². The molecule has 10 heavy (non-hydrogen) atoms. The topological polar surface area (TPSA) is 0 Å². The molecule has 0 aliphatic heterocycles. The molecule has 1 aliphatic carbocycles. The average molecular weight is 140 g/mol. The maximum atomic E-state index is 2.42. The second-order valence-electron chi connectivity index (χ2n) is 4.06. The molecule has 0 aromatic rings. The molecule has 0 nitrogen and oxygen atoms in total. The molecule has 0 radical (unpaired) electrons. The fraction of sp³-hybridized carbons (Fsp3) is 1.00. The lowest BCUT2D eigenvalue weighted by Gasteiger charge is -2.31. The summed E-state index contributed by atoms with van der Waals surface area (Å²) < 4.78 is 0. The van der Waals surface area contributed by atoms with Gasteiger partial charge in [-0.05, 0) is 30.6 Å². The first-order chi connectivity index (χ1) is 4.74. The molecular weight excluding hydrogens is 120 g/mol. The summed E-state index contributed by atoms with van der Waals surface area (Å²) in [5.41, 5.74) is 0. The second kappa shape index (κ2) is 3.41. The highest BCUT2D eigenvalue weighted by atomic mass is 14.3. The summed E-state index contributed by atoms with van der Waals surface area (Å²) in [5.74, 6) is 3.03. The van der Waals surface area contributed by atoms with E-state index in [-0.39, 0.29) is 0 Å². The van der Waals surface area contributed by atoms with Crippen LogP contribution in [0, 0.1) is 17.8 Å². The highest BCUT2D eigenvalue weighted by Gasteiger charge is 2.23. The second-order valence-corrected chi connectivity index (χ2v) is 4.06. The van der Waals surface area contributed by atoms with Crippen molar-refractivity contribution in [3.63, 3.8) is 0 Å². The summed E-state index contributed by atoms with van der Waals surface area (Å²) in [6.45, 7) is 7.14. The molecule has 0 spiro atoms. The zero-order valence-corrected chi connectivity index (χ0v) is 7.56. The van der Waals surface area contributed by atoms with E-state index in [0.717, 1.165) is 17.8 Å². The third kappa shape index (κ3) is 1.74. The predicted octanol–water partition coefficient (Wildman–Crippen LogP) is 3.47. The van der Waals surface area contributed by atoms with Gasteiger partial charge in [-0.15, -0.1) is 0 Å². The largest absolute Gasteiger partial charge is 0.0651 e. The first-order valence-corrected chi connectivity index (χ1v) is 4.74. The minimum atomic E-state index is 0.994. The standard InChI is InChI=1S/C10H20/c1-4-10-6-5-8(2)7-9(10)3/h8-10H,4-7H2,1-3H3. The molecule has 1 aliphatic rings. The summed E-state index contributed by atoms with van der Waals surface area (Å²) in [4.78, 5) is 0. The van der Waals surface area contributed by atoms with Crippen LogP contribution < -0.4 is 0 Å². The molecule has 0 N–H and O–H groups in total. The van der Waals surface area contributed by atoms with Crippen molar-refractivity contribution in [2.75, 3.05) is 0 Å². The van der Waals surface area contributed by atoms with Crippen LogP contribution in [0.3, 0.4) is 0 Å². The molecular formula is C10H20. The third-order valence-corrected chi connectivity index (χ3v) is 3.13. The molecule has 1 fully saturated rings. The van der Waals surface area contributed by atoms with E-state index < -0.39 is 0 Å². The van der Waals surface area contributed by atoms with Gasteiger partial charge in [0, 0.05) is 0 Å². The fourth-order valence-electron chi connectivity index (χ4n) is 2.33. The van der Waals surface area contributed by atoms with E-state index in [2.05, 4.69) is 20.8 Å². The van der Waals surface area contributed by atoms with Gasteiger partial charge in [-0.2, -0.15) is 0 Å². The van der Waals surface area contributed by atoms with Gasteiger partial charge in [0.05, 0.1) is 0 Å². The normalized spacial score (nSPS) is 41.7. The molecule has 1 saturated carbocycles. The van der Waals surface area contributed by atoms with Crippen LogP contribution in [0.2, 0.25) is 0 Å². The van der Waals surface area contributed by atoms with Crippen LogP contribution in [0.1, 0.15) is 46.5 Å². The van der Waals surface area contributed by atoms with E-state index >= 15 is 0 Å². The molecule has 0 heterocycles. The Morgan fingerprint density at radius 3 is 2.40 bits per heavy atom.